The molecule has 4 atom stereocenters. The lowest BCUT2D eigenvalue weighted by Crippen LogP contribution is -2.57. The topological polar surface area (TPSA) is 130 Å². The van der Waals surface area contributed by atoms with E-state index in [1.54, 1.807) is 18.2 Å². The van der Waals surface area contributed by atoms with Crippen molar-refractivity contribution >= 4 is 38.4 Å². The SMILES string of the molecule is CS(=O)(=O)CCN1C(=O)C2C(c3cccc(OC(F)(F)F)c3)NC(Cc3ccc4ccccc4c3)(C(=O)O)C2C1=O. The summed E-state index contributed by atoms with van der Waals surface area (Å²) in [4.78, 5) is 41.1. The van der Waals surface area contributed by atoms with E-state index >= 15 is 0 Å². The third-order valence-corrected chi connectivity index (χ3v) is 8.48. The number of likely N-dealkylation sites (tertiary alicyclic amines) is 1. The van der Waals surface area contributed by atoms with Crippen LogP contribution in [0.25, 0.3) is 10.8 Å². The molecule has 4 unspecified atom stereocenters. The number of alkyl halides is 3. The van der Waals surface area contributed by atoms with Crippen molar-refractivity contribution in [3.8, 4) is 5.75 Å². The van der Waals surface area contributed by atoms with Gasteiger partial charge < -0.3 is 9.84 Å². The molecule has 2 amide bonds. The summed E-state index contributed by atoms with van der Waals surface area (Å²) >= 11 is 0. The Labute approximate surface area is 232 Å². The number of nitrogens with zero attached hydrogens (tertiary/aromatic N) is 1. The molecule has 0 aromatic heterocycles. The number of hydrogen-bond acceptors (Lipinski definition) is 7. The second kappa shape index (κ2) is 10.1. The molecule has 0 aliphatic carbocycles. The number of hydrogen-bond donors (Lipinski definition) is 2. The number of nitrogens with one attached hydrogen (secondary N) is 1. The zero-order valence-corrected chi connectivity index (χ0v) is 22.4. The van der Waals surface area contributed by atoms with Crippen molar-refractivity contribution in [2.24, 2.45) is 11.8 Å². The molecule has 0 saturated carbocycles. The Bertz CT molecular complexity index is 1660. The number of fused-ring (bicyclic) bond motifs is 2. The highest BCUT2D eigenvalue weighted by atomic mass is 32.2. The van der Waals surface area contributed by atoms with E-state index in [0.29, 0.717) is 5.56 Å². The van der Waals surface area contributed by atoms with Crippen LogP contribution in [0.2, 0.25) is 0 Å². The van der Waals surface area contributed by atoms with E-state index in [2.05, 4.69) is 10.1 Å². The van der Waals surface area contributed by atoms with Gasteiger partial charge >= 0.3 is 12.3 Å². The fourth-order valence-corrected chi connectivity index (χ4v) is 6.35. The molecule has 0 radical (unpaired) electrons. The minimum Gasteiger partial charge on any atom is -0.480 e. The molecular weight excluding hydrogens is 565 g/mol. The first-order chi connectivity index (χ1) is 19.2. The summed E-state index contributed by atoms with van der Waals surface area (Å²) in [5, 5.41) is 15.2. The van der Waals surface area contributed by atoms with Gasteiger partial charge in [-0.15, -0.1) is 13.2 Å². The number of rotatable bonds is 8. The Morgan fingerprint density at radius 3 is 2.39 bits per heavy atom. The molecule has 2 aliphatic rings. The number of carbonyl (C=O) groups excluding carboxylic acids is 2. The van der Waals surface area contributed by atoms with Crippen molar-refractivity contribution in [2.45, 2.75) is 24.4 Å². The first kappa shape index (κ1) is 28.6. The van der Waals surface area contributed by atoms with Crippen molar-refractivity contribution in [3.63, 3.8) is 0 Å². The Kier molecular flexibility index (Phi) is 7.06. The fraction of sp³-hybridized carbons (Fsp3) is 0.321. The lowest BCUT2D eigenvalue weighted by molar-refractivity contribution is -0.274. The number of sulfone groups is 1. The molecule has 0 spiro atoms. The number of imide groups is 1. The van der Waals surface area contributed by atoms with Crippen LogP contribution in [0.3, 0.4) is 0 Å². The van der Waals surface area contributed by atoms with Gasteiger partial charge in [-0.1, -0.05) is 54.6 Å². The molecule has 216 valence electrons. The number of amides is 2. The Balaban J connectivity index is 1.60. The van der Waals surface area contributed by atoms with Gasteiger partial charge in [0.1, 0.15) is 21.1 Å². The van der Waals surface area contributed by atoms with E-state index in [0.717, 1.165) is 34.1 Å². The smallest absolute Gasteiger partial charge is 0.480 e. The average Bonchev–Trinajstić information content (AvgIpc) is 3.35. The fourth-order valence-electron chi connectivity index (χ4n) is 5.84. The number of benzene rings is 3. The monoisotopic (exact) mass is 590 g/mol. The molecule has 2 saturated heterocycles. The maximum absolute atomic E-state index is 13.7. The maximum Gasteiger partial charge on any atom is 0.573 e. The van der Waals surface area contributed by atoms with Gasteiger partial charge in [0.2, 0.25) is 11.8 Å². The first-order valence-corrected chi connectivity index (χ1v) is 14.6. The van der Waals surface area contributed by atoms with Crippen LogP contribution < -0.4 is 10.1 Å². The molecular formula is C28H25F3N2O7S. The summed E-state index contributed by atoms with van der Waals surface area (Å²) in [6, 6.07) is 16.2. The van der Waals surface area contributed by atoms with Crippen molar-refractivity contribution in [2.75, 3.05) is 18.6 Å². The van der Waals surface area contributed by atoms with Crippen molar-refractivity contribution in [1.29, 1.82) is 0 Å². The van der Waals surface area contributed by atoms with Crippen LogP contribution in [0.1, 0.15) is 17.2 Å². The quantitative estimate of drug-likeness (QED) is 0.383. The van der Waals surface area contributed by atoms with Crippen molar-refractivity contribution < 1.29 is 45.8 Å². The summed E-state index contributed by atoms with van der Waals surface area (Å²) in [6.45, 7) is -0.473. The lowest BCUT2D eigenvalue weighted by atomic mass is 9.76. The van der Waals surface area contributed by atoms with Gasteiger partial charge in [0.05, 0.1) is 17.6 Å². The normalized spacial score (nSPS) is 24.6. The molecule has 0 bridgehead atoms. The zero-order valence-electron chi connectivity index (χ0n) is 21.6. The number of aliphatic carboxylic acids is 1. The number of ether oxygens (including phenoxy) is 1. The highest BCUT2D eigenvalue weighted by molar-refractivity contribution is 7.90. The first-order valence-electron chi connectivity index (χ1n) is 12.6. The van der Waals surface area contributed by atoms with E-state index in [4.69, 9.17) is 0 Å². The van der Waals surface area contributed by atoms with Crippen LogP contribution >= 0.6 is 0 Å². The second-order valence-corrected chi connectivity index (χ2v) is 12.6. The van der Waals surface area contributed by atoms with E-state index in [1.807, 2.05) is 24.3 Å². The van der Waals surface area contributed by atoms with Gasteiger partial charge in [0.15, 0.2) is 0 Å². The van der Waals surface area contributed by atoms with Crippen LogP contribution in [-0.2, 0) is 30.6 Å². The third kappa shape index (κ3) is 5.51. The largest absolute Gasteiger partial charge is 0.573 e. The molecule has 2 heterocycles. The molecule has 3 aromatic carbocycles. The number of halogens is 3. The van der Waals surface area contributed by atoms with Crippen molar-refractivity contribution in [3.05, 3.63) is 77.9 Å². The highest BCUT2D eigenvalue weighted by Gasteiger charge is 2.68. The summed E-state index contributed by atoms with van der Waals surface area (Å²) < 4.78 is 66.4. The Morgan fingerprint density at radius 1 is 1.02 bits per heavy atom. The predicted octanol–water partition coefficient (Wildman–Crippen LogP) is 3.09. The van der Waals surface area contributed by atoms with E-state index in [9.17, 15) is 41.1 Å². The maximum atomic E-state index is 13.7. The standard InChI is InChI=1S/C28H25F3N2O7S/c1-41(38,39)12-11-33-24(34)21-22(25(33)35)27(26(36)37,15-16-9-10-17-5-2-3-6-18(17)13-16)32-23(21)19-7-4-8-20(14-19)40-28(29,30)31/h2-10,13-14,21-23,32H,11-12,15H2,1H3,(H,36,37). The summed E-state index contributed by atoms with van der Waals surface area (Å²) in [7, 11) is -3.59. The summed E-state index contributed by atoms with van der Waals surface area (Å²) in [5.74, 6) is -6.98. The number of carboxylic acids is 1. The number of carboxylic acid groups (broad SMARTS) is 1. The van der Waals surface area contributed by atoms with Crippen LogP contribution in [0.5, 0.6) is 5.75 Å². The average molecular weight is 591 g/mol. The minimum atomic E-state index is -4.99. The van der Waals surface area contributed by atoms with E-state index < -0.39 is 75.4 Å². The van der Waals surface area contributed by atoms with Gasteiger partial charge in [-0.05, 0) is 34.0 Å². The molecule has 41 heavy (non-hydrogen) atoms. The predicted molar refractivity (Wildman–Crippen MR) is 140 cm³/mol. The summed E-state index contributed by atoms with van der Waals surface area (Å²) in [6.07, 6.45) is -4.29. The van der Waals surface area contributed by atoms with Crippen LogP contribution in [0, 0.1) is 11.8 Å². The minimum absolute atomic E-state index is 0.106. The van der Waals surface area contributed by atoms with E-state index in [1.165, 1.54) is 12.1 Å². The van der Waals surface area contributed by atoms with Gasteiger partial charge in [-0.2, -0.15) is 0 Å². The molecule has 2 N–H and O–H groups in total. The molecule has 2 fully saturated rings. The van der Waals surface area contributed by atoms with Gasteiger partial charge in [0, 0.05) is 25.3 Å². The number of carbonyl (C=O) groups is 3. The molecule has 9 nitrogen and oxygen atoms in total. The van der Waals surface area contributed by atoms with Crippen LogP contribution in [-0.4, -0.2) is 66.7 Å². The zero-order chi connectivity index (χ0) is 29.7. The van der Waals surface area contributed by atoms with Gasteiger partial charge in [0.25, 0.3) is 0 Å². The Hall–Kier alpha value is -3.97. The lowest BCUT2D eigenvalue weighted by Gasteiger charge is -2.31. The Morgan fingerprint density at radius 2 is 1.73 bits per heavy atom. The van der Waals surface area contributed by atoms with Gasteiger partial charge in [-0.3, -0.25) is 24.6 Å². The van der Waals surface area contributed by atoms with Gasteiger partial charge in [-0.25, -0.2) is 8.42 Å². The molecule has 5 rings (SSSR count). The highest BCUT2D eigenvalue weighted by Crippen LogP contribution is 2.50. The van der Waals surface area contributed by atoms with Crippen LogP contribution in [0.15, 0.2) is 66.7 Å². The third-order valence-electron chi connectivity index (χ3n) is 7.56. The van der Waals surface area contributed by atoms with Crippen molar-refractivity contribution in [1.82, 2.24) is 10.2 Å². The summed E-state index contributed by atoms with van der Waals surface area (Å²) in [5.41, 5.74) is -1.39. The van der Waals surface area contributed by atoms with Crippen LogP contribution in [0.4, 0.5) is 13.2 Å². The van der Waals surface area contributed by atoms with E-state index in [-0.39, 0.29) is 12.0 Å². The second-order valence-electron chi connectivity index (χ2n) is 10.3. The molecule has 2 aliphatic heterocycles. The molecule has 3 aromatic rings. The molecule has 13 heteroatoms.